The Morgan fingerprint density at radius 3 is 2.26 bits per heavy atom. The summed E-state index contributed by atoms with van der Waals surface area (Å²) in [5, 5.41) is 11.4. The predicted octanol–water partition coefficient (Wildman–Crippen LogP) is 4.86. The molecule has 0 bridgehead atoms. The molecule has 4 rings (SSSR count). The van der Waals surface area contributed by atoms with Gasteiger partial charge in [-0.25, -0.2) is 0 Å². The molecule has 1 aliphatic heterocycles. The first-order valence-electron chi connectivity index (χ1n) is 10.7. The van der Waals surface area contributed by atoms with Crippen LogP contribution in [0.4, 0.5) is 5.69 Å². The van der Waals surface area contributed by atoms with E-state index in [1.54, 1.807) is 29.2 Å². The molecule has 0 saturated heterocycles. The quantitative estimate of drug-likeness (QED) is 0.563. The first-order valence-corrected chi connectivity index (χ1v) is 10.7. The standard InChI is InChI=1S/C27H27NO3/c1-19(2)21-12-14-22(15-13-21)25(29)18-27(31)23-10-6-7-11-24(23)28(26(27)30)17-16-20-8-4-3-5-9-20/h3-15,19,31H,16-18H2,1-2H3/t27-/m1/s1. The van der Waals surface area contributed by atoms with Crippen LogP contribution < -0.4 is 4.90 Å². The minimum atomic E-state index is -1.85. The van der Waals surface area contributed by atoms with Gasteiger partial charge in [0.15, 0.2) is 11.4 Å². The van der Waals surface area contributed by atoms with Crippen LogP contribution in [0.1, 0.15) is 53.2 Å². The number of benzene rings is 3. The zero-order valence-corrected chi connectivity index (χ0v) is 17.9. The van der Waals surface area contributed by atoms with Crippen LogP contribution in [-0.4, -0.2) is 23.3 Å². The molecular formula is C27H27NO3. The Labute approximate surface area is 183 Å². The summed E-state index contributed by atoms with van der Waals surface area (Å²) >= 11 is 0. The minimum Gasteiger partial charge on any atom is -0.375 e. The van der Waals surface area contributed by atoms with Crippen LogP contribution in [0.2, 0.25) is 0 Å². The lowest BCUT2D eigenvalue weighted by Gasteiger charge is -2.23. The van der Waals surface area contributed by atoms with Crippen molar-refractivity contribution >= 4 is 17.4 Å². The molecule has 0 aliphatic carbocycles. The topological polar surface area (TPSA) is 57.6 Å². The summed E-state index contributed by atoms with van der Waals surface area (Å²) in [6, 6.07) is 24.5. The lowest BCUT2D eigenvalue weighted by atomic mass is 9.87. The molecule has 0 unspecified atom stereocenters. The van der Waals surface area contributed by atoms with Crippen LogP contribution in [0, 0.1) is 0 Å². The summed E-state index contributed by atoms with van der Waals surface area (Å²) in [4.78, 5) is 27.9. The molecule has 0 fully saturated rings. The van der Waals surface area contributed by atoms with Crippen molar-refractivity contribution in [1.82, 2.24) is 0 Å². The normalized spacial score (nSPS) is 17.8. The number of nitrogens with zero attached hydrogens (tertiary/aromatic N) is 1. The summed E-state index contributed by atoms with van der Waals surface area (Å²) in [6.07, 6.45) is 0.396. The van der Waals surface area contributed by atoms with Gasteiger partial charge in [-0.2, -0.15) is 0 Å². The highest BCUT2D eigenvalue weighted by molar-refractivity contribution is 6.10. The fourth-order valence-corrected chi connectivity index (χ4v) is 4.17. The number of fused-ring (bicyclic) bond motifs is 1. The largest absolute Gasteiger partial charge is 0.375 e. The number of anilines is 1. The van der Waals surface area contributed by atoms with E-state index in [-0.39, 0.29) is 12.2 Å². The first-order chi connectivity index (χ1) is 14.9. The predicted molar refractivity (Wildman–Crippen MR) is 122 cm³/mol. The van der Waals surface area contributed by atoms with Gasteiger partial charge in [-0.3, -0.25) is 9.59 Å². The number of rotatable bonds is 7. The second-order valence-corrected chi connectivity index (χ2v) is 8.45. The number of hydrogen-bond acceptors (Lipinski definition) is 3. The maximum Gasteiger partial charge on any atom is 0.264 e. The molecule has 0 radical (unpaired) electrons. The van der Waals surface area contributed by atoms with Gasteiger partial charge in [-0.1, -0.05) is 86.6 Å². The maximum atomic E-state index is 13.3. The van der Waals surface area contributed by atoms with Crippen molar-refractivity contribution < 1.29 is 14.7 Å². The number of amides is 1. The molecular weight excluding hydrogens is 386 g/mol. The van der Waals surface area contributed by atoms with Crippen LogP contribution in [0.5, 0.6) is 0 Å². The number of carbonyl (C=O) groups is 2. The van der Waals surface area contributed by atoms with Crippen LogP contribution in [0.3, 0.4) is 0 Å². The van der Waals surface area contributed by atoms with Gasteiger partial charge in [0, 0.05) is 17.7 Å². The van der Waals surface area contributed by atoms with Gasteiger partial charge in [0.2, 0.25) is 0 Å². The van der Waals surface area contributed by atoms with Gasteiger partial charge in [0.1, 0.15) is 0 Å². The molecule has 3 aromatic rings. The monoisotopic (exact) mass is 413 g/mol. The van der Waals surface area contributed by atoms with E-state index in [2.05, 4.69) is 13.8 Å². The third kappa shape index (κ3) is 4.04. The molecule has 0 aromatic heterocycles. The molecule has 4 nitrogen and oxygen atoms in total. The fraction of sp³-hybridized carbons (Fsp3) is 0.259. The van der Waals surface area contributed by atoms with Crippen molar-refractivity contribution in [2.75, 3.05) is 11.4 Å². The summed E-state index contributed by atoms with van der Waals surface area (Å²) in [5.41, 5.74) is 2.09. The molecule has 4 heteroatoms. The van der Waals surface area contributed by atoms with E-state index in [9.17, 15) is 14.7 Å². The Kier molecular flexibility index (Phi) is 5.75. The first kappa shape index (κ1) is 21.0. The molecule has 1 atom stereocenters. The zero-order chi connectivity index (χ0) is 22.0. The molecule has 1 amide bonds. The van der Waals surface area contributed by atoms with Crippen molar-refractivity contribution in [3.8, 4) is 0 Å². The minimum absolute atomic E-state index is 0.245. The number of carbonyl (C=O) groups excluding carboxylic acids is 2. The number of Topliss-reactive ketones (excluding diaryl/α,β-unsaturated/α-hetero) is 1. The summed E-state index contributed by atoms with van der Waals surface area (Å²) in [6.45, 7) is 4.63. The second kappa shape index (κ2) is 8.48. The second-order valence-electron chi connectivity index (χ2n) is 8.45. The summed E-state index contributed by atoms with van der Waals surface area (Å²) < 4.78 is 0. The highest BCUT2D eigenvalue weighted by Crippen LogP contribution is 2.42. The van der Waals surface area contributed by atoms with Crippen LogP contribution in [-0.2, 0) is 16.8 Å². The van der Waals surface area contributed by atoms with E-state index in [4.69, 9.17) is 0 Å². The molecule has 3 aromatic carbocycles. The SMILES string of the molecule is CC(C)c1ccc(C(=O)C[C@]2(O)C(=O)N(CCc3ccccc3)c3ccccc32)cc1. The van der Waals surface area contributed by atoms with Crippen molar-refractivity contribution in [3.05, 3.63) is 101 Å². The van der Waals surface area contributed by atoms with E-state index in [1.807, 2.05) is 54.6 Å². The average molecular weight is 414 g/mol. The molecule has 0 saturated carbocycles. The summed E-state index contributed by atoms with van der Waals surface area (Å²) in [5.74, 6) is -0.308. The number of hydrogen-bond donors (Lipinski definition) is 1. The Morgan fingerprint density at radius 2 is 1.58 bits per heavy atom. The van der Waals surface area contributed by atoms with E-state index >= 15 is 0 Å². The smallest absolute Gasteiger partial charge is 0.264 e. The van der Waals surface area contributed by atoms with Gasteiger partial charge in [-0.15, -0.1) is 0 Å². The van der Waals surface area contributed by atoms with Crippen LogP contribution in [0.25, 0.3) is 0 Å². The van der Waals surface area contributed by atoms with E-state index in [0.717, 1.165) is 11.1 Å². The van der Waals surface area contributed by atoms with Crippen LogP contribution >= 0.6 is 0 Å². The fourth-order valence-electron chi connectivity index (χ4n) is 4.17. The van der Waals surface area contributed by atoms with Gasteiger partial charge in [0.05, 0.1) is 12.1 Å². The Morgan fingerprint density at radius 1 is 0.935 bits per heavy atom. The molecule has 0 spiro atoms. The zero-order valence-electron chi connectivity index (χ0n) is 17.9. The van der Waals surface area contributed by atoms with Crippen molar-refractivity contribution in [1.29, 1.82) is 0 Å². The molecule has 158 valence electrons. The lowest BCUT2D eigenvalue weighted by Crippen LogP contribution is -2.42. The molecule has 31 heavy (non-hydrogen) atoms. The summed E-state index contributed by atoms with van der Waals surface area (Å²) in [7, 11) is 0. The van der Waals surface area contributed by atoms with Crippen molar-refractivity contribution in [2.45, 2.75) is 38.2 Å². The van der Waals surface area contributed by atoms with E-state index in [0.29, 0.717) is 35.7 Å². The number of aliphatic hydroxyl groups is 1. The highest BCUT2D eigenvalue weighted by atomic mass is 16.3. The Hall–Kier alpha value is -3.24. The van der Waals surface area contributed by atoms with E-state index < -0.39 is 11.5 Å². The van der Waals surface area contributed by atoms with Gasteiger partial charge in [0.25, 0.3) is 5.91 Å². The van der Waals surface area contributed by atoms with E-state index in [1.165, 1.54) is 0 Å². The Balaban J connectivity index is 1.58. The van der Waals surface area contributed by atoms with Gasteiger partial charge < -0.3 is 10.0 Å². The number of para-hydroxylation sites is 1. The third-order valence-electron chi connectivity index (χ3n) is 6.02. The average Bonchev–Trinajstić information content (AvgIpc) is 3.00. The Bertz CT molecular complexity index is 1090. The lowest BCUT2D eigenvalue weighted by molar-refractivity contribution is -0.135. The maximum absolute atomic E-state index is 13.3. The molecule has 1 heterocycles. The number of ketones is 1. The molecule has 1 aliphatic rings. The van der Waals surface area contributed by atoms with Gasteiger partial charge in [-0.05, 0) is 29.5 Å². The van der Waals surface area contributed by atoms with Crippen molar-refractivity contribution in [2.24, 2.45) is 0 Å². The highest BCUT2D eigenvalue weighted by Gasteiger charge is 2.50. The van der Waals surface area contributed by atoms with Crippen LogP contribution in [0.15, 0.2) is 78.9 Å². The molecule has 1 N–H and O–H groups in total. The third-order valence-corrected chi connectivity index (χ3v) is 6.02. The van der Waals surface area contributed by atoms with Crippen molar-refractivity contribution in [3.63, 3.8) is 0 Å². The van der Waals surface area contributed by atoms with Gasteiger partial charge >= 0.3 is 0 Å².